The van der Waals surface area contributed by atoms with Crippen molar-refractivity contribution in [1.29, 1.82) is 0 Å². The van der Waals surface area contributed by atoms with E-state index in [9.17, 15) is 4.55 Å². The minimum Gasteiger partial charge on any atom is -0.586 e. The smallest absolute Gasteiger partial charge is 0.182 e. The third-order valence-corrected chi connectivity index (χ3v) is 4.70. The topological polar surface area (TPSA) is 61.5 Å². The van der Waals surface area contributed by atoms with Crippen molar-refractivity contribution < 1.29 is 9.08 Å². The molecule has 1 heterocycles. The van der Waals surface area contributed by atoms with Crippen molar-refractivity contribution in [3.63, 3.8) is 0 Å². The number of hydrogen-bond acceptors (Lipinski definition) is 4. The minimum atomic E-state index is -1.41. The number of nitrogens with zero attached hydrogens (tertiary/aromatic N) is 2. The molecule has 0 aliphatic carbocycles. The van der Waals surface area contributed by atoms with Crippen molar-refractivity contribution in [2.75, 3.05) is 0 Å². The highest BCUT2D eigenvalue weighted by atomic mass is 32.2. The lowest BCUT2D eigenvalue weighted by Gasteiger charge is -2.04. The maximum Gasteiger partial charge on any atom is 0.182 e. The van der Waals surface area contributed by atoms with Gasteiger partial charge in [-0.1, -0.05) is 45.4 Å². The molecule has 0 radical (unpaired) electrons. The molecule has 122 valence electrons. The van der Waals surface area contributed by atoms with Gasteiger partial charge in [-0.05, 0) is 50.1 Å². The second-order valence-electron chi connectivity index (χ2n) is 5.62. The molecule has 5 heteroatoms. The molecule has 0 amide bonds. The van der Waals surface area contributed by atoms with Crippen LogP contribution in [0.15, 0.2) is 62.3 Å². The fraction of sp³-hybridized carbons (Fsp3) is 0.158. The SMILES string of the molecule is Cc1ccc([S@@+]([O-])/N=C/c2cccc(-c3c(C)noc3C)c2)cc1. The van der Waals surface area contributed by atoms with Crippen molar-refractivity contribution in [1.82, 2.24) is 5.16 Å². The van der Waals surface area contributed by atoms with E-state index < -0.39 is 11.4 Å². The van der Waals surface area contributed by atoms with Gasteiger partial charge < -0.3 is 9.08 Å². The fourth-order valence-corrected chi connectivity index (χ4v) is 3.20. The van der Waals surface area contributed by atoms with Crippen LogP contribution in [0, 0.1) is 20.8 Å². The summed E-state index contributed by atoms with van der Waals surface area (Å²) < 4.78 is 21.6. The summed E-state index contributed by atoms with van der Waals surface area (Å²) in [5, 5.41) is 3.99. The maximum absolute atomic E-state index is 12.2. The van der Waals surface area contributed by atoms with Crippen LogP contribution in [0.25, 0.3) is 11.1 Å². The van der Waals surface area contributed by atoms with Crippen LogP contribution >= 0.6 is 0 Å². The van der Waals surface area contributed by atoms with E-state index in [0.717, 1.165) is 33.7 Å². The second-order valence-corrected chi connectivity index (χ2v) is 6.80. The van der Waals surface area contributed by atoms with Crippen molar-refractivity contribution in [3.05, 3.63) is 71.1 Å². The van der Waals surface area contributed by atoms with E-state index in [-0.39, 0.29) is 0 Å². The van der Waals surface area contributed by atoms with Gasteiger partial charge in [0.2, 0.25) is 0 Å². The van der Waals surface area contributed by atoms with Crippen LogP contribution in [0.4, 0.5) is 0 Å². The standard InChI is InChI=1S/C19H18N2O2S/c1-13-7-9-18(10-8-13)24(22)20-12-16-5-4-6-17(11-16)19-14(2)21-23-15(19)3/h4-12H,1-3H3/b20-12+/t24-/m1/s1. The first-order valence-corrected chi connectivity index (χ1v) is 8.71. The summed E-state index contributed by atoms with van der Waals surface area (Å²) in [4.78, 5) is 0.693. The molecule has 0 unspecified atom stereocenters. The number of aryl methyl sites for hydroxylation is 3. The summed E-state index contributed by atoms with van der Waals surface area (Å²) in [6.07, 6.45) is 1.64. The Labute approximate surface area is 144 Å². The lowest BCUT2D eigenvalue weighted by molar-refractivity contribution is 0.393. The predicted octanol–water partition coefficient (Wildman–Crippen LogP) is 4.41. The monoisotopic (exact) mass is 338 g/mol. The average Bonchev–Trinajstić information content (AvgIpc) is 2.92. The Bertz CT molecular complexity index is 850. The van der Waals surface area contributed by atoms with Crippen LogP contribution < -0.4 is 0 Å². The highest BCUT2D eigenvalue weighted by Gasteiger charge is 2.12. The van der Waals surface area contributed by atoms with Crippen molar-refractivity contribution in [3.8, 4) is 11.1 Å². The minimum absolute atomic E-state index is 0.693. The summed E-state index contributed by atoms with van der Waals surface area (Å²) in [6.45, 7) is 5.80. The molecule has 1 atom stereocenters. The van der Waals surface area contributed by atoms with Gasteiger partial charge in [-0.2, -0.15) is 0 Å². The molecule has 0 N–H and O–H groups in total. The molecule has 0 saturated carbocycles. The Kier molecular flexibility index (Phi) is 4.83. The molecule has 24 heavy (non-hydrogen) atoms. The molecule has 1 aromatic heterocycles. The molecule has 0 fully saturated rings. The highest BCUT2D eigenvalue weighted by Crippen LogP contribution is 2.27. The fourth-order valence-electron chi connectivity index (χ4n) is 2.49. The lowest BCUT2D eigenvalue weighted by Crippen LogP contribution is -1.98. The third-order valence-electron chi connectivity index (χ3n) is 3.73. The first-order chi connectivity index (χ1) is 11.5. The van der Waals surface area contributed by atoms with E-state index in [1.807, 2.05) is 69.3 Å². The van der Waals surface area contributed by atoms with E-state index in [1.165, 1.54) is 0 Å². The first-order valence-electron chi connectivity index (χ1n) is 7.60. The number of hydrogen-bond donors (Lipinski definition) is 0. The average molecular weight is 338 g/mol. The van der Waals surface area contributed by atoms with E-state index in [1.54, 1.807) is 6.21 Å². The zero-order valence-electron chi connectivity index (χ0n) is 13.8. The summed E-state index contributed by atoms with van der Waals surface area (Å²) in [5.41, 5.74) is 4.87. The molecular weight excluding hydrogens is 320 g/mol. The summed E-state index contributed by atoms with van der Waals surface area (Å²) in [6, 6.07) is 15.4. The molecule has 0 aliphatic rings. The third kappa shape index (κ3) is 3.58. The number of aromatic nitrogens is 1. The predicted molar refractivity (Wildman–Crippen MR) is 96.6 cm³/mol. The summed E-state index contributed by atoms with van der Waals surface area (Å²) >= 11 is -1.41. The Morgan fingerprint density at radius 1 is 1.08 bits per heavy atom. The van der Waals surface area contributed by atoms with Gasteiger partial charge in [-0.25, -0.2) is 0 Å². The van der Waals surface area contributed by atoms with Crippen LogP contribution in [-0.4, -0.2) is 15.9 Å². The van der Waals surface area contributed by atoms with E-state index in [0.29, 0.717) is 4.90 Å². The van der Waals surface area contributed by atoms with Crippen LogP contribution in [0.2, 0.25) is 0 Å². The van der Waals surface area contributed by atoms with Crippen LogP contribution in [-0.2, 0) is 11.4 Å². The van der Waals surface area contributed by atoms with Crippen molar-refractivity contribution >= 4 is 17.6 Å². The second kappa shape index (κ2) is 7.03. The molecule has 2 aromatic carbocycles. The molecule has 3 rings (SSSR count). The van der Waals surface area contributed by atoms with E-state index in [4.69, 9.17) is 4.52 Å². The molecule has 0 saturated heterocycles. The molecule has 0 aliphatic heterocycles. The lowest BCUT2D eigenvalue weighted by atomic mass is 10.0. The van der Waals surface area contributed by atoms with Gasteiger partial charge in [0.15, 0.2) is 4.90 Å². The quantitative estimate of drug-likeness (QED) is 0.523. The zero-order chi connectivity index (χ0) is 17.1. The van der Waals surface area contributed by atoms with Gasteiger partial charge in [-0.3, -0.25) is 0 Å². The van der Waals surface area contributed by atoms with Crippen LogP contribution in [0.5, 0.6) is 0 Å². The Morgan fingerprint density at radius 3 is 2.50 bits per heavy atom. The normalized spacial score (nSPS) is 12.7. The molecule has 0 spiro atoms. The maximum atomic E-state index is 12.2. The Hall–Kier alpha value is -2.37. The molecular formula is C19H18N2O2S. The summed E-state index contributed by atoms with van der Waals surface area (Å²) in [5.74, 6) is 0.782. The number of benzene rings is 2. The Balaban J connectivity index is 1.83. The number of rotatable bonds is 4. The first kappa shape index (κ1) is 16.5. The van der Waals surface area contributed by atoms with Gasteiger partial charge in [0.05, 0.1) is 11.9 Å². The van der Waals surface area contributed by atoms with Crippen molar-refractivity contribution in [2.24, 2.45) is 4.40 Å². The van der Waals surface area contributed by atoms with Crippen LogP contribution in [0.1, 0.15) is 22.6 Å². The molecule has 3 aromatic rings. The largest absolute Gasteiger partial charge is 0.586 e. The Morgan fingerprint density at radius 2 is 1.83 bits per heavy atom. The van der Waals surface area contributed by atoms with Crippen molar-refractivity contribution in [2.45, 2.75) is 25.7 Å². The highest BCUT2D eigenvalue weighted by molar-refractivity contribution is 7.90. The van der Waals surface area contributed by atoms with Crippen LogP contribution in [0.3, 0.4) is 0 Å². The van der Waals surface area contributed by atoms with Gasteiger partial charge in [0.1, 0.15) is 17.1 Å². The zero-order valence-corrected chi connectivity index (χ0v) is 14.6. The molecule has 0 bridgehead atoms. The van der Waals surface area contributed by atoms with Gasteiger partial charge in [0, 0.05) is 5.56 Å². The van der Waals surface area contributed by atoms with E-state index >= 15 is 0 Å². The van der Waals surface area contributed by atoms with E-state index in [2.05, 4.69) is 9.55 Å². The summed E-state index contributed by atoms with van der Waals surface area (Å²) in [7, 11) is 0. The molecule has 4 nitrogen and oxygen atoms in total. The van der Waals surface area contributed by atoms with Gasteiger partial charge >= 0.3 is 0 Å². The van der Waals surface area contributed by atoms with Gasteiger partial charge in [0.25, 0.3) is 0 Å². The van der Waals surface area contributed by atoms with Gasteiger partial charge in [-0.15, -0.1) is 0 Å².